The molecule has 1 fully saturated rings. The lowest BCUT2D eigenvalue weighted by Gasteiger charge is -2.33. The van der Waals surface area contributed by atoms with Gasteiger partial charge in [-0.3, -0.25) is 9.58 Å². The van der Waals surface area contributed by atoms with Crippen LogP contribution >= 0.6 is 0 Å². The largest absolute Gasteiger partial charge is 0.374 e. The van der Waals surface area contributed by atoms with Gasteiger partial charge in [-0.1, -0.05) is 0 Å². The van der Waals surface area contributed by atoms with Crippen molar-refractivity contribution in [3.05, 3.63) is 17.5 Å². The molecule has 1 aliphatic heterocycles. The highest BCUT2D eigenvalue weighted by Gasteiger charge is 2.21. The normalized spacial score (nSPS) is 20.8. The highest BCUT2D eigenvalue weighted by Crippen LogP contribution is 2.10. The molecule has 1 aromatic rings. The van der Waals surface area contributed by atoms with Crippen molar-refractivity contribution in [3.8, 4) is 0 Å². The van der Waals surface area contributed by atoms with Crippen LogP contribution in [-0.4, -0.2) is 67.5 Å². The predicted molar refractivity (Wildman–Crippen MR) is 82.2 cm³/mol. The van der Waals surface area contributed by atoms with Gasteiger partial charge in [0.15, 0.2) is 0 Å². The first-order chi connectivity index (χ1) is 9.83. The van der Waals surface area contributed by atoms with Gasteiger partial charge in [-0.15, -0.1) is 0 Å². The fourth-order valence-electron chi connectivity index (χ4n) is 2.70. The van der Waals surface area contributed by atoms with Gasteiger partial charge in [0.25, 0.3) is 0 Å². The predicted octanol–water partition coefficient (Wildman–Crippen LogP) is 0.635. The maximum absolute atomic E-state index is 11.2. The smallest absolute Gasteiger partial charge is 0.147 e. The van der Waals surface area contributed by atoms with E-state index in [-0.39, 0.29) is 11.9 Å². The molecule has 1 aromatic heterocycles. The molecule has 0 aliphatic carbocycles. The summed E-state index contributed by atoms with van der Waals surface area (Å²) in [7, 11) is -2.86. The molecule has 0 unspecified atom stereocenters. The first-order valence-corrected chi connectivity index (χ1v) is 9.42. The fraction of sp³-hybridized carbons (Fsp3) is 0.786. The van der Waals surface area contributed by atoms with Crippen LogP contribution in [0.15, 0.2) is 6.07 Å². The molecule has 1 saturated heterocycles. The van der Waals surface area contributed by atoms with Crippen molar-refractivity contribution < 1.29 is 13.2 Å². The Morgan fingerprint density at radius 3 is 2.81 bits per heavy atom. The van der Waals surface area contributed by atoms with Crippen LogP contribution in [0.3, 0.4) is 0 Å². The van der Waals surface area contributed by atoms with Crippen LogP contribution in [0.25, 0.3) is 0 Å². The van der Waals surface area contributed by atoms with E-state index in [4.69, 9.17) is 4.74 Å². The minimum absolute atomic E-state index is 0.120. The van der Waals surface area contributed by atoms with Gasteiger partial charge in [-0.25, -0.2) is 8.42 Å². The molecule has 120 valence electrons. The molecule has 0 saturated carbocycles. The number of hydrogen-bond donors (Lipinski definition) is 0. The van der Waals surface area contributed by atoms with Gasteiger partial charge in [-0.05, 0) is 32.9 Å². The Morgan fingerprint density at radius 1 is 1.43 bits per heavy atom. The van der Waals surface area contributed by atoms with Gasteiger partial charge >= 0.3 is 0 Å². The first-order valence-electron chi connectivity index (χ1n) is 7.36. The molecule has 0 amide bonds. The van der Waals surface area contributed by atoms with Crippen molar-refractivity contribution in [1.29, 1.82) is 0 Å². The number of morpholine rings is 1. The lowest BCUT2D eigenvalue weighted by atomic mass is 10.2. The summed E-state index contributed by atoms with van der Waals surface area (Å²) in [6.07, 6.45) is 2.10. The van der Waals surface area contributed by atoms with Crippen molar-refractivity contribution in [1.82, 2.24) is 14.7 Å². The Balaban J connectivity index is 1.82. The monoisotopic (exact) mass is 315 g/mol. The Bertz CT molecular complexity index is 568. The Hall–Kier alpha value is -0.920. The molecule has 0 N–H and O–H groups in total. The molecule has 21 heavy (non-hydrogen) atoms. The average molecular weight is 315 g/mol. The quantitative estimate of drug-likeness (QED) is 0.771. The van der Waals surface area contributed by atoms with E-state index < -0.39 is 9.84 Å². The summed E-state index contributed by atoms with van der Waals surface area (Å²) in [5.74, 6) is 0.256. The second-order valence-electron chi connectivity index (χ2n) is 5.89. The molecule has 1 atom stereocenters. The Morgan fingerprint density at radius 2 is 2.19 bits per heavy atom. The zero-order valence-electron chi connectivity index (χ0n) is 13.1. The van der Waals surface area contributed by atoms with Crippen molar-refractivity contribution in [3.63, 3.8) is 0 Å². The van der Waals surface area contributed by atoms with Crippen LogP contribution in [0.4, 0.5) is 0 Å². The molecule has 2 heterocycles. The van der Waals surface area contributed by atoms with Crippen LogP contribution in [-0.2, 0) is 21.1 Å². The third-order valence-corrected chi connectivity index (χ3v) is 4.72. The van der Waals surface area contributed by atoms with E-state index >= 15 is 0 Å². The van der Waals surface area contributed by atoms with Gasteiger partial charge in [0.1, 0.15) is 9.84 Å². The number of hydrogen-bond acceptors (Lipinski definition) is 5. The summed E-state index contributed by atoms with van der Waals surface area (Å²) in [4.78, 5) is 2.28. The topological polar surface area (TPSA) is 64.4 Å². The third-order valence-electron chi connectivity index (χ3n) is 3.69. The summed E-state index contributed by atoms with van der Waals surface area (Å²) >= 11 is 0. The minimum Gasteiger partial charge on any atom is -0.374 e. The van der Waals surface area contributed by atoms with Gasteiger partial charge < -0.3 is 4.74 Å². The summed E-state index contributed by atoms with van der Waals surface area (Å²) in [5.41, 5.74) is 2.17. The fourth-order valence-corrected chi connectivity index (χ4v) is 3.35. The Kier molecular flexibility index (Phi) is 5.40. The van der Waals surface area contributed by atoms with Crippen molar-refractivity contribution in [2.45, 2.75) is 32.9 Å². The molecule has 6 nitrogen and oxygen atoms in total. The standard InChI is InChI=1S/C14H25N3O3S/c1-12-9-13(2)17(15-12)11-14-10-16(6-7-20-14)5-4-8-21(3,18)19/h9,14H,4-8,10-11H2,1-3H3/t14-/m1/s1. The van der Waals surface area contributed by atoms with Crippen LogP contribution in [0.5, 0.6) is 0 Å². The van der Waals surface area contributed by atoms with E-state index in [0.717, 1.165) is 37.6 Å². The molecule has 7 heteroatoms. The molecule has 0 spiro atoms. The highest BCUT2D eigenvalue weighted by atomic mass is 32.2. The highest BCUT2D eigenvalue weighted by molar-refractivity contribution is 7.90. The second-order valence-corrected chi connectivity index (χ2v) is 8.15. The van der Waals surface area contributed by atoms with Gasteiger partial charge in [0.05, 0.1) is 30.7 Å². The summed E-state index contributed by atoms with van der Waals surface area (Å²) in [6, 6.07) is 2.06. The van der Waals surface area contributed by atoms with Crippen LogP contribution in [0.1, 0.15) is 17.8 Å². The van der Waals surface area contributed by atoms with Crippen LogP contribution in [0, 0.1) is 13.8 Å². The Labute approximate surface area is 127 Å². The van der Waals surface area contributed by atoms with E-state index in [9.17, 15) is 8.42 Å². The molecular weight excluding hydrogens is 290 g/mol. The SMILES string of the molecule is Cc1cc(C)n(C[C@H]2CN(CCCS(C)(=O)=O)CCO2)n1. The number of aromatic nitrogens is 2. The number of nitrogens with zero attached hydrogens (tertiary/aromatic N) is 3. The average Bonchev–Trinajstić information content (AvgIpc) is 2.66. The van der Waals surface area contributed by atoms with E-state index in [1.807, 2.05) is 18.5 Å². The number of aryl methyl sites for hydroxylation is 2. The van der Waals surface area contributed by atoms with E-state index in [1.165, 1.54) is 6.26 Å². The van der Waals surface area contributed by atoms with Gasteiger partial charge in [-0.2, -0.15) is 5.10 Å². The lowest BCUT2D eigenvalue weighted by molar-refractivity contribution is -0.0375. The summed E-state index contributed by atoms with van der Waals surface area (Å²) in [6.45, 7) is 8.00. The maximum atomic E-state index is 11.2. The van der Waals surface area contributed by atoms with Crippen LogP contribution in [0.2, 0.25) is 0 Å². The summed E-state index contributed by atoms with van der Waals surface area (Å²) < 4.78 is 30.1. The van der Waals surface area contributed by atoms with Crippen molar-refractivity contribution in [2.24, 2.45) is 0 Å². The maximum Gasteiger partial charge on any atom is 0.147 e. The molecule has 0 aromatic carbocycles. The van der Waals surface area contributed by atoms with Gasteiger partial charge in [0.2, 0.25) is 0 Å². The number of sulfone groups is 1. The van der Waals surface area contributed by atoms with Crippen LogP contribution < -0.4 is 0 Å². The van der Waals surface area contributed by atoms with Gasteiger partial charge in [0, 0.05) is 25.0 Å². The van der Waals surface area contributed by atoms with E-state index in [1.54, 1.807) is 0 Å². The zero-order valence-corrected chi connectivity index (χ0v) is 13.9. The van der Waals surface area contributed by atoms with Crippen molar-refractivity contribution >= 4 is 9.84 Å². The first kappa shape index (κ1) is 16.5. The molecule has 0 radical (unpaired) electrons. The van der Waals surface area contributed by atoms with E-state index in [0.29, 0.717) is 13.0 Å². The summed E-state index contributed by atoms with van der Waals surface area (Å²) in [5, 5.41) is 4.46. The molecule has 0 bridgehead atoms. The minimum atomic E-state index is -2.86. The number of rotatable bonds is 6. The lowest BCUT2D eigenvalue weighted by Crippen LogP contribution is -2.45. The third kappa shape index (κ3) is 5.41. The number of ether oxygens (including phenoxy) is 1. The molecule has 1 aliphatic rings. The second kappa shape index (κ2) is 6.89. The van der Waals surface area contributed by atoms with Crippen molar-refractivity contribution in [2.75, 3.05) is 38.2 Å². The molecule has 2 rings (SSSR count). The molecular formula is C14H25N3O3S. The zero-order chi connectivity index (χ0) is 15.5. The van der Waals surface area contributed by atoms with E-state index in [2.05, 4.69) is 16.1 Å².